The minimum Gasteiger partial charge on any atom is -0.324 e. The first-order chi connectivity index (χ1) is 13.4. The van der Waals surface area contributed by atoms with Crippen molar-refractivity contribution < 1.29 is 9.72 Å². The number of amides is 1. The standard InChI is InChI=1S/C17H16ClN5O3S2/c1-10(2)22-16(14-4-3-7-27-14)20-21-17(22)28-9-15(24)19-13-8-11(23(25)26)5-6-12(13)18/h3-8,10H,9H2,1-2H3,(H,19,24). The summed E-state index contributed by atoms with van der Waals surface area (Å²) in [6, 6.07) is 7.93. The number of hydrogen-bond donors (Lipinski definition) is 1. The Kier molecular flexibility index (Phi) is 6.32. The molecular formula is C17H16ClN5O3S2. The molecule has 3 aromatic rings. The number of non-ortho nitro benzene ring substituents is 1. The highest BCUT2D eigenvalue weighted by molar-refractivity contribution is 7.99. The predicted molar refractivity (Wildman–Crippen MR) is 111 cm³/mol. The smallest absolute Gasteiger partial charge is 0.271 e. The minimum atomic E-state index is -0.544. The van der Waals surface area contributed by atoms with Gasteiger partial charge in [0.2, 0.25) is 5.91 Å². The Hall–Kier alpha value is -2.43. The van der Waals surface area contributed by atoms with Crippen LogP contribution in [0.5, 0.6) is 0 Å². The summed E-state index contributed by atoms with van der Waals surface area (Å²) in [5.74, 6) is 0.479. The number of aromatic nitrogens is 3. The number of nitrogens with zero attached hydrogens (tertiary/aromatic N) is 4. The number of thiophene rings is 1. The van der Waals surface area contributed by atoms with Crippen molar-refractivity contribution in [2.75, 3.05) is 11.1 Å². The number of carbonyl (C=O) groups excluding carboxylic acids is 1. The van der Waals surface area contributed by atoms with Crippen LogP contribution in [0.2, 0.25) is 5.02 Å². The van der Waals surface area contributed by atoms with Crippen molar-refractivity contribution in [2.45, 2.75) is 25.0 Å². The topological polar surface area (TPSA) is 103 Å². The predicted octanol–water partition coefficient (Wildman–Crippen LogP) is 4.88. The van der Waals surface area contributed by atoms with Crippen molar-refractivity contribution in [1.82, 2.24) is 14.8 Å². The zero-order valence-electron chi connectivity index (χ0n) is 15.0. The molecular weight excluding hydrogens is 422 g/mol. The lowest BCUT2D eigenvalue weighted by Gasteiger charge is -2.13. The van der Waals surface area contributed by atoms with E-state index in [9.17, 15) is 14.9 Å². The molecule has 2 aromatic heterocycles. The summed E-state index contributed by atoms with van der Waals surface area (Å²) in [6.07, 6.45) is 0. The summed E-state index contributed by atoms with van der Waals surface area (Å²) in [7, 11) is 0. The quantitative estimate of drug-likeness (QED) is 0.321. The van der Waals surface area contributed by atoms with Gasteiger partial charge in [-0.1, -0.05) is 29.4 Å². The Morgan fingerprint density at radius 1 is 1.39 bits per heavy atom. The Morgan fingerprint density at radius 3 is 2.82 bits per heavy atom. The molecule has 1 amide bonds. The number of anilines is 1. The first-order valence-electron chi connectivity index (χ1n) is 8.22. The second-order valence-electron chi connectivity index (χ2n) is 6.01. The first kappa shape index (κ1) is 20.3. The average Bonchev–Trinajstić information content (AvgIpc) is 3.30. The molecule has 0 bridgehead atoms. The van der Waals surface area contributed by atoms with Crippen LogP contribution in [-0.2, 0) is 4.79 Å². The van der Waals surface area contributed by atoms with E-state index in [4.69, 9.17) is 11.6 Å². The van der Waals surface area contributed by atoms with Crippen LogP contribution < -0.4 is 5.32 Å². The Bertz CT molecular complexity index is 1000. The van der Waals surface area contributed by atoms with Gasteiger partial charge in [0.05, 0.1) is 26.3 Å². The summed E-state index contributed by atoms with van der Waals surface area (Å²) in [6.45, 7) is 4.04. The van der Waals surface area contributed by atoms with Crippen LogP contribution in [0.3, 0.4) is 0 Å². The molecule has 0 unspecified atom stereocenters. The van der Waals surface area contributed by atoms with Crippen LogP contribution in [0.4, 0.5) is 11.4 Å². The number of thioether (sulfide) groups is 1. The number of hydrogen-bond acceptors (Lipinski definition) is 7. The van der Waals surface area contributed by atoms with E-state index in [-0.39, 0.29) is 34.1 Å². The van der Waals surface area contributed by atoms with Gasteiger partial charge in [0.1, 0.15) is 0 Å². The normalized spacial score (nSPS) is 11.0. The molecule has 0 aliphatic rings. The average molecular weight is 438 g/mol. The molecule has 146 valence electrons. The molecule has 0 fully saturated rings. The third kappa shape index (κ3) is 4.51. The number of nitro groups is 1. The van der Waals surface area contributed by atoms with E-state index in [1.54, 1.807) is 11.3 Å². The zero-order valence-corrected chi connectivity index (χ0v) is 17.3. The lowest BCUT2D eigenvalue weighted by molar-refractivity contribution is -0.384. The maximum absolute atomic E-state index is 12.3. The van der Waals surface area contributed by atoms with E-state index in [1.807, 2.05) is 35.9 Å². The lowest BCUT2D eigenvalue weighted by Crippen LogP contribution is -2.15. The van der Waals surface area contributed by atoms with Crippen LogP contribution in [0.25, 0.3) is 10.7 Å². The second kappa shape index (κ2) is 8.72. The highest BCUT2D eigenvalue weighted by atomic mass is 35.5. The fourth-order valence-electron chi connectivity index (χ4n) is 2.45. The maximum atomic E-state index is 12.3. The van der Waals surface area contributed by atoms with Crippen LogP contribution >= 0.6 is 34.7 Å². The van der Waals surface area contributed by atoms with Gasteiger partial charge in [-0.05, 0) is 31.4 Å². The second-order valence-corrected chi connectivity index (χ2v) is 8.30. The van der Waals surface area contributed by atoms with Gasteiger partial charge in [0.15, 0.2) is 11.0 Å². The molecule has 2 heterocycles. The minimum absolute atomic E-state index is 0.0638. The van der Waals surface area contributed by atoms with E-state index in [0.717, 1.165) is 10.7 Å². The Balaban J connectivity index is 1.72. The molecule has 0 aliphatic heterocycles. The number of rotatable bonds is 7. The van der Waals surface area contributed by atoms with E-state index in [2.05, 4.69) is 15.5 Å². The molecule has 0 radical (unpaired) electrons. The van der Waals surface area contributed by atoms with Crippen LogP contribution in [-0.4, -0.2) is 31.3 Å². The molecule has 1 aromatic carbocycles. The van der Waals surface area contributed by atoms with Crippen molar-refractivity contribution in [3.63, 3.8) is 0 Å². The van der Waals surface area contributed by atoms with Gasteiger partial charge in [-0.2, -0.15) is 0 Å². The van der Waals surface area contributed by atoms with E-state index >= 15 is 0 Å². The Labute approximate surface area is 174 Å². The van der Waals surface area contributed by atoms with Crippen LogP contribution in [0.1, 0.15) is 19.9 Å². The lowest BCUT2D eigenvalue weighted by atomic mass is 10.3. The van der Waals surface area contributed by atoms with Gasteiger partial charge < -0.3 is 5.32 Å². The monoisotopic (exact) mass is 437 g/mol. The molecule has 1 N–H and O–H groups in total. The first-order valence-corrected chi connectivity index (χ1v) is 10.5. The van der Waals surface area contributed by atoms with Crippen molar-refractivity contribution in [3.05, 3.63) is 50.8 Å². The van der Waals surface area contributed by atoms with Gasteiger partial charge in [-0.25, -0.2) is 0 Å². The number of halogens is 1. The number of nitrogens with one attached hydrogen (secondary N) is 1. The molecule has 0 saturated heterocycles. The highest BCUT2D eigenvalue weighted by Gasteiger charge is 2.19. The van der Waals surface area contributed by atoms with E-state index in [0.29, 0.717) is 5.16 Å². The third-order valence-electron chi connectivity index (χ3n) is 3.69. The molecule has 0 spiro atoms. The van der Waals surface area contributed by atoms with Gasteiger partial charge in [-0.15, -0.1) is 21.5 Å². The maximum Gasteiger partial charge on any atom is 0.271 e. The number of benzene rings is 1. The van der Waals surface area contributed by atoms with Crippen LogP contribution in [0.15, 0.2) is 40.9 Å². The molecule has 0 saturated carbocycles. The van der Waals surface area contributed by atoms with Gasteiger partial charge in [-0.3, -0.25) is 19.5 Å². The van der Waals surface area contributed by atoms with Gasteiger partial charge in [0.25, 0.3) is 5.69 Å². The molecule has 8 nitrogen and oxygen atoms in total. The summed E-state index contributed by atoms with van der Waals surface area (Å²) in [5.41, 5.74) is 0.0542. The van der Waals surface area contributed by atoms with Crippen molar-refractivity contribution in [3.8, 4) is 10.7 Å². The van der Waals surface area contributed by atoms with Crippen molar-refractivity contribution >= 4 is 52.0 Å². The van der Waals surface area contributed by atoms with Crippen molar-refractivity contribution in [1.29, 1.82) is 0 Å². The molecule has 0 atom stereocenters. The summed E-state index contributed by atoms with van der Waals surface area (Å²) < 4.78 is 1.98. The molecule has 0 aliphatic carbocycles. The summed E-state index contributed by atoms with van der Waals surface area (Å²) in [5, 5.41) is 24.8. The summed E-state index contributed by atoms with van der Waals surface area (Å²) >= 11 is 8.83. The summed E-state index contributed by atoms with van der Waals surface area (Å²) in [4.78, 5) is 23.7. The fraction of sp³-hybridized carbons (Fsp3) is 0.235. The van der Waals surface area contributed by atoms with E-state index in [1.165, 1.54) is 30.0 Å². The van der Waals surface area contributed by atoms with E-state index < -0.39 is 4.92 Å². The van der Waals surface area contributed by atoms with Crippen molar-refractivity contribution in [2.24, 2.45) is 0 Å². The fourth-order valence-corrected chi connectivity index (χ4v) is 4.19. The van der Waals surface area contributed by atoms with Gasteiger partial charge in [0, 0.05) is 18.2 Å². The third-order valence-corrected chi connectivity index (χ3v) is 5.83. The zero-order chi connectivity index (χ0) is 20.3. The molecule has 11 heteroatoms. The Morgan fingerprint density at radius 2 is 2.18 bits per heavy atom. The molecule has 28 heavy (non-hydrogen) atoms. The van der Waals surface area contributed by atoms with Crippen LogP contribution in [0, 0.1) is 10.1 Å². The van der Waals surface area contributed by atoms with Gasteiger partial charge >= 0.3 is 0 Å². The number of carbonyl (C=O) groups is 1. The molecule has 3 rings (SSSR count). The largest absolute Gasteiger partial charge is 0.324 e. The highest BCUT2D eigenvalue weighted by Crippen LogP contribution is 2.31. The number of nitro benzene ring substituents is 1. The SMILES string of the molecule is CC(C)n1c(SCC(=O)Nc2cc([N+](=O)[O-])ccc2Cl)nnc1-c1cccs1.